The smallest absolute Gasteiger partial charge is 0.217 e. The molecular weight excluding hydrogens is 304 g/mol. The number of aliphatic hydroxyl groups is 5. The maximum absolute atomic E-state index is 11.0. The third-order valence-corrected chi connectivity index (χ3v) is 3.62. The second kappa shape index (κ2) is 8.25. The van der Waals surface area contributed by atoms with Crippen molar-refractivity contribution in [3.8, 4) is 0 Å². The van der Waals surface area contributed by atoms with Crippen molar-refractivity contribution in [3.05, 3.63) is 0 Å². The molecule has 7 N–H and O–H groups in total. The second-order valence-corrected chi connectivity index (χ2v) is 5.22. The summed E-state index contributed by atoms with van der Waals surface area (Å²) in [7, 11) is 0. The SMILES string of the molecule is CC(=O)NC(CS)C(O)NC1C(O)OC(CO)[C@H](O)C1O. The predicted molar refractivity (Wildman–Crippen MR) is 74.4 cm³/mol. The molecule has 0 aliphatic carbocycles. The van der Waals surface area contributed by atoms with Crippen molar-refractivity contribution in [1.29, 1.82) is 0 Å². The highest BCUT2D eigenvalue weighted by molar-refractivity contribution is 7.80. The number of thiol groups is 1. The summed E-state index contributed by atoms with van der Waals surface area (Å²) < 4.78 is 4.94. The summed E-state index contributed by atoms with van der Waals surface area (Å²) >= 11 is 3.99. The van der Waals surface area contributed by atoms with Crippen LogP contribution in [0.4, 0.5) is 0 Å². The van der Waals surface area contributed by atoms with Gasteiger partial charge in [0.2, 0.25) is 5.91 Å². The summed E-state index contributed by atoms with van der Waals surface area (Å²) in [5, 5.41) is 53.2. The Hall–Kier alpha value is -0.460. The number of hydrogen-bond donors (Lipinski definition) is 8. The molecule has 0 spiro atoms. The molecule has 1 amide bonds. The zero-order valence-electron chi connectivity index (χ0n) is 11.5. The van der Waals surface area contributed by atoms with Crippen LogP contribution in [0.2, 0.25) is 0 Å². The number of amides is 1. The quantitative estimate of drug-likeness (QED) is 0.182. The first-order valence-electron chi connectivity index (χ1n) is 6.44. The highest BCUT2D eigenvalue weighted by Gasteiger charge is 2.44. The van der Waals surface area contributed by atoms with Gasteiger partial charge < -0.3 is 35.6 Å². The molecule has 21 heavy (non-hydrogen) atoms. The van der Waals surface area contributed by atoms with Crippen LogP contribution >= 0.6 is 12.6 Å². The van der Waals surface area contributed by atoms with E-state index in [4.69, 9.17) is 9.84 Å². The molecule has 0 radical (unpaired) electrons. The van der Waals surface area contributed by atoms with E-state index >= 15 is 0 Å². The molecule has 1 heterocycles. The Kier molecular flexibility index (Phi) is 7.30. The predicted octanol–water partition coefficient (Wildman–Crippen LogP) is -3.87. The third-order valence-electron chi connectivity index (χ3n) is 3.23. The zero-order chi connectivity index (χ0) is 16.2. The summed E-state index contributed by atoms with van der Waals surface area (Å²) in [5.41, 5.74) is 0. The van der Waals surface area contributed by atoms with Crippen LogP contribution < -0.4 is 10.6 Å². The molecule has 0 bridgehead atoms. The Morgan fingerprint density at radius 1 is 1.33 bits per heavy atom. The lowest BCUT2D eigenvalue weighted by molar-refractivity contribution is -0.258. The molecule has 0 aromatic carbocycles. The van der Waals surface area contributed by atoms with E-state index in [1.165, 1.54) is 6.92 Å². The third kappa shape index (κ3) is 4.76. The second-order valence-electron chi connectivity index (χ2n) is 4.86. The minimum Gasteiger partial charge on any atom is -0.394 e. The molecule has 1 fully saturated rings. The number of ether oxygens (including phenoxy) is 1. The molecule has 124 valence electrons. The molecule has 1 aliphatic heterocycles. The molecule has 0 aromatic heterocycles. The Labute approximate surface area is 127 Å². The van der Waals surface area contributed by atoms with Crippen molar-refractivity contribution in [3.63, 3.8) is 0 Å². The number of aliphatic hydroxyl groups excluding tert-OH is 5. The Morgan fingerprint density at radius 2 is 1.95 bits per heavy atom. The molecule has 7 atom stereocenters. The van der Waals surface area contributed by atoms with Gasteiger partial charge in [0.15, 0.2) is 6.29 Å². The number of rotatable bonds is 6. The number of carbonyl (C=O) groups excluding carboxylic acids is 1. The van der Waals surface area contributed by atoms with Crippen LogP contribution in [-0.2, 0) is 9.53 Å². The van der Waals surface area contributed by atoms with Gasteiger partial charge in [0.1, 0.15) is 24.5 Å². The lowest BCUT2D eigenvalue weighted by Gasteiger charge is -2.42. The van der Waals surface area contributed by atoms with Crippen molar-refractivity contribution < 1.29 is 35.1 Å². The average molecular weight is 326 g/mol. The first kappa shape index (κ1) is 18.6. The first-order chi connectivity index (χ1) is 9.81. The lowest BCUT2D eigenvalue weighted by atomic mass is 9.96. The minimum absolute atomic E-state index is 0.106. The molecule has 1 rings (SSSR count). The van der Waals surface area contributed by atoms with Crippen molar-refractivity contribution in [2.24, 2.45) is 0 Å². The summed E-state index contributed by atoms with van der Waals surface area (Å²) in [5.74, 6) is -0.272. The van der Waals surface area contributed by atoms with Gasteiger partial charge in [-0.15, -0.1) is 0 Å². The summed E-state index contributed by atoms with van der Waals surface area (Å²) in [6.45, 7) is 0.696. The molecule has 0 aromatic rings. The topological polar surface area (TPSA) is 152 Å². The summed E-state index contributed by atoms with van der Waals surface area (Å²) in [6.07, 6.45) is -6.91. The van der Waals surface area contributed by atoms with Gasteiger partial charge in [-0.2, -0.15) is 12.6 Å². The van der Waals surface area contributed by atoms with E-state index in [-0.39, 0.29) is 11.7 Å². The van der Waals surface area contributed by atoms with Gasteiger partial charge in [-0.1, -0.05) is 0 Å². The molecule has 10 heteroatoms. The molecule has 6 unspecified atom stereocenters. The van der Waals surface area contributed by atoms with Gasteiger partial charge in [0, 0.05) is 12.7 Å². The van der Waals surface area contributed by atoms with Gasteiger partial charge in [-0.3, -0.25) is 10.1 Å². The molecule has 9 nitrogen and oxygen atoms in total. The summed E-state index contributed by atoms with van der Waals surface area (Å²) in [4.78, 5) is 11.0. The normalized spacial score (nSPS) is 36.0. The van der Waals surface area contributed by atoms with Crippen LogP contribution in [-0.4, -0.2) is 86.7 Å². The summed E-state index contributed by atoms with van der Waals surface area (Å²) in [6, 6.07) is -1.97. The fourth-order valence-corrected chi connectivity index (χ4v) is 2.37. The largest absolute Gasteiger partial charge is 0.394 e. The van der Waals surface area contributed by atoms with E-state index in [0.717, 1.165) is 0 Å². The van der Waals surface area contributed by atoms with Gasteiger partial charge in [-0.25, -0.2) is 0 Å². The lowest BCUT2D eigenvalue weighted by Crippen LogP contribution is -2.66. The monoisotopic (exact) mass is 326 g/mol. The van der Waals surface area contributed by atoms with Gasteiger partial charge >= 0.3 is 0 Å². The minimum atomic E-state index is -1.55. The van der Waals surface area contributed by atoms with Crippen molar-refractivity contribution in [1.82, 2.24) is 10.6 Å². The van der Waals surface area contributed by atoms with E-state index in [0.29, 0.717) is 0 Å². The van der Waals surface area contributed by atoms with E-state index in [1.54, 1.807) is 0 Å². The molecular formula is C11H22N2O7S. The average Bonchev–Trinajstić information content (AvgIpc) is 2.44. The number of nitrogens with one attached hydrogen (secondary N) is 2. The highest BCUT2D eigenvalue weighted by Crippen LogP contribution is 2.20. The van der Waals surface area contributed by atoms with E-state index in [9.17, 15) is 25.2 Å². The van der Waals surface area contributed by atoms with E-state index < -0.39 is 49.5 Å². The Bertz CT molecular complexity index is 349. The number of carbonyl (C=O) groups is 1. The maximum Gasteiger partial charge on any atom is 0.217 e. The Morgan fingerprint density at radius 3 is 2.43 bits per heavy atom. The highest BCUT2D eigenvalue weighted by atomic mass is 32.1. The molecule has 1 saturated heterocycles. The van der Waals surface area contributed by atoms with Crippen LogP contribution in [0.25, 0.3) is 0 Å². The fraction of sp³-hybridized carbons (Fsp3) is 0.909. The van der Waals surface area contributed by atoms with Gasteiger partial charge in [0.25, 0.3) is 0 Å². The van der Waals surface area contributed by atoms with Crippen LogP contribution in [0.5, 0.6) is 0 Å². The van der Waals surface area contributed by atoms with E-state index in [1.807, 2.05) is 0 Å². The van der Waals surface area contributed by atoms with E-state index in [2.05, 4.69) is 23.3 Å². The maximum atomic E-state index is 11.0. The van der Waals surface area contributed by atoms with Crippen molar-refractivity contribution >= 4 is 18.5 Å². The molecule has 1 aliphatic rings. The van der Waals surface area contributed by atoms with Crippen LogP contribution in [0.15, 0.2) is 0 Å². The van der Waals surface area contributed by atoms with Gasteiger partial charge in [0.05, 0.1) is 18.7 Å². The van der Waals surface area contributed by atoms with Crippen LogP contribution in [0.1, 0.15) is 6.92 Å². The van der Waals surface area contributed by atoms with Crippen molar-refractivity contribution in [2.45, 2.75) is 49.8 Å². The van der Waals surface area contributed by atoms with Crippen LogP contribution in [0, 0.1) is 0 Å². The first-order valence-corrected chi connectivity index (χ1v) is 7.07. The number of hydrogen-bond acceptors (Lipinski definition) is 9. The van der Waals surface area contributed by atoms with Crippen molar-refractivity contribution in [2.75, 3.05) is 12.4 Å². The fourth-order valence-electron chi connectivity index (χ4n) is 2.08. The Balaban J connectivity index is 2.69. The zero-order valence-corrected chi connectivity index (χ0v) is 12.3. The standard InChI is InChI=1S/C11H22N2O7S/c1-4(15)12-5(3-21)10(18)13-7-9(17)8(16)6(2-14)20-11(7)19/h5-11,13-14,16-19,21H,2-3H2,1H3,(H,12,15)/t5?,6?,7?,8-,9?,10?,11?/m0/s1. The van der Waals surface area contributed by atoms with Crippen LogP contribution in [0.3, 0.4) is 0 Å². The van der Waals surface area contributed by atoms with Gasteiger partial charge in [-0.05, 0) is 0 Å². The molecule has 0 saturated carbocycles.